The first-order chi connectivity index (χ1) is 27.6. The zero-order chi connectivity index (χ0) is 42.1. The van der Waals surface area contributed by atoms with Crippen molar-refractivity contribution < 1.29 is 47.5 Å². The molecule has 0 aliphatic carbocycles. The molecule has 4 N–H and O–H groups in total. The Balaban J connectivity index is 4.21. The van der Waals surface area contributed by atoms with Gasteiger partial charge in [0.1, 0.15) is 12.6 Å². The van der Waals surface area contributed by atoms with Gasteiger partial charge < -0.3 is 25.2 Å². The van der Waals surface area contributed by atoms with Crippen molar-refractivity contribution >= 4 is 25.7 Å². The van der Waals surface area contributed by atoms with Gasteiger partial charge in [-0.05, 0) is 12.8 Å². The van der Waals surface area contributed by atoms with Crippen LogP contribution in [0.1, 0.15) is 239 Å². The maximum atomic E-state index is 12.6. The van der Waals surface area contributed by atoms with Crippen molar-refractivity contribution in [3.8, 4) is 0 Å². The van der Waals surface area contributed by atoms with Crippen LogP contribution < -0.4 is 5.73 Å². The molecule has 1 unspecified atom stereocenters. The normalized spacial score (nSPS) is 13.6. The largest absolute Gasteiger partial charge is 0.480 e. The number of ether oxygens (including phenoxy) is 2. The van der Waals surface area contributed by atoms with Gasteiger partial charge in [0.05, 0.1) is 13.2 Å². The Morgan fingerprint density at radius 1 is 0.474 bits per heavy atom. The molecular formula is C45H88NO10P. The van der Waals surface area contributed by atoms with E-state index in [-0.39, 0.29) is 19.4 Å². The van der Waals surface area contributed by atoms with Gasteiger partial charge in [0.2, 0.25) is 0 Å². The molecule has 0 saturated heterocycles. The van der Waals surface area contributed by atoms with Crippen molar-refractivity contribution in [3.05, 3.63) is 0 Å². The van der Waals surface area contributed by atoms with Crippen LogP contribution in [0.4, 0.5) is 0 Å². The number of phosphoric ester groups is 1. The Morgan fingerprint density at radius 2 is 0.772 bits per heavy atom. The molecule has 338 valence electrons. The van der Waals surface area contributed by atoms with Gasteiger partial charge in [0, 0.05) is 12.8 Å². The third-order valence-electron chi connectivity index (χ3n) is 10.6. The minimum Gasteiger partial charge on any atom is -0.480 e. The van der Waals surface area contributed by atoms with Gasteiger partial charge in [0.25, 0.3) is 0 Å². The number of hydrogen-bond donors (Lipinski definition) is 3. The Bertz CT molecular complexity index is 984. The lowest BCUT2D eigenvalue weighted by Gasteiger charge is -2.20. The minimum atomic E-state index is -4.71. The fourth-order valence-electron chi connectivity index (χ4n) is 6.89. The summed E-state index contributed by atoms with van der Waals surface area (Å²) in [6, 6.07) is -1.52. The highest BCUT2D eigenvalue weighted by atomic mass is 31.2. The van der Waals surface area contributed by atoms with Crippen LogP contribution in [0.5, 0.6) is 0 Å². The number of phosphoric acid groups is 1. The first-order valence-electron chi connectivity index (χ1n) is 23.6. The van der Waals surface area contributed by atoms with Crippen LogP contribution >= 0.6 is 7.82 Å². The lowest BCUT2D eigenvalue weighted by Crippen LogP contribution is -2.34. The second kappa shape index (κ2) is 41.2. The molecule has 3 atom stereocenters. The number of carboxylic acids is 1. The lowest BCUT2D eigenvalue weighted by atomic mass is 10.0. The van der Waals surface area contributed by atoms with Crippen LogP contribution in [-0.2, 0) is 37.5 Å². The lowest BCUT2D eigenvalue weighted by molar-refractivity contribution is -0.161. The molecule has 0 bridgehead atoms. The number of rotatable bonds is 45. The van der Waals surface area contributed by atoms with Crippen molar-refractivity contribution in [2.24, 2.45) is 5.73 Å². The van der Waals surface area contributed by atoms with Crippen LogP contribution in [0.3, 0.4) is 0 Å². The predicted octanol–water partition coefficient (Wildman–Crippen LogP) is 12.7. The average Bonchev–Trinajstić information content (AvgIpc) is 3.19. The van der Waals surface area contributed by atoms with Crippen molar-refractivity contribution in [1.29, 1.82) is 0 Å². The molecule has 0 aliphatic heterocycles. The summed E-state index contributed by atoms with van der Waals surface area (Å²) in [7, 11) is -4.71. The summed E-state index contributed by atoms with van der Waals surface area (Å²) in [6.07, 6.45) is 40.3. The first-order valence-corrected chi connectivity index (χ1v) is 25.1. The van der Waals surface area contributed by atoms with Crippen molar-refractivity contribution in [2.45, 2.75) is 251 Å². The topological polar surface area (TPSA) is 172 Å². The van der Waals surface area contributed by atoms with Gasteiger partial charge in [-0.15, -0.1) is 0 Å². The fourth-order valence-corrected chi connectivity index (χ4v) is 7.67. The second-order valence-corrected chi connectivity index (χ2v) is 17.7. The molecule has 0 rings (SSSR count). The third kappa shape index (κ3) is 41.0. The number of carbonyl (C=O) groups is 3. The molecular weight excluding hydrogens is 745 g/mol. The molecule has 0 aromatic rings. The summed E-state index contributed by atoms with van der Waals surface area (Å²) in [5.41, 5.74) is 5.34. The van der Waals surface area contributed by atoms with Crippen LogP contribution in [-0.4, -0.2) is 59.9 Å². The van der Waals surface area contributed by atoms with Gasteiger partial charge in [-0.1, -0.05) is 213 Å². The van der Waals surface area contributed by atoms with E-state index in [0.29, 0.717) is 12.8 Å². The van der Waals surface area contributed by atoms with E-state index in [1.54, 1.807) is 0 Å². The highest BCUT2D eigenvalue weighted by Gasteiger charge is 2.28. The van der Waals surface area contributed by atoms with E-state index in [1.807, 2.05) is 0 Å². The summed E-state index contributed by atoms with van der Waals surface area (Å²) in [4.78, 5) is 46.0. The van der Waals surface area contributed by atoms with Crippen molar-refractivity contribution in [3.63, 3.8) is 0 Å². The molecule has 0 radical (unpaired) electrons. The standard InChI is InChI=1S/C45H88NO10P/c1-3-5-7-9-11-13-15-17-18-19-20-21-22-23-24-25-27-29-31-33-35-37-44(48)56-41(39-54-57(51,52)55-40-42(46)45(49)50)38-53-43(47)36-34-32-30-28-26-16-14-12-10-8-6-4-2/h41-42H,3-40,46H2,1-2H3,(H,49,50)(H,51,52)/t41-,42-/m0/s1. The quantitative estimate of drug-likeness (QED) is 0.0303. The average molecular weight is 834 g/mol. The van der Waals surface area contributed by atoms with Gasteiger partial charge in [-0.25, -0.2) is 4.57 Å². The van der Waals surface area contributed by atoms with E-state index in [0.717, 1.165) is 38.5 Å². The molecule has 0 aliphatic rings. The molecule has 12 heteroatoms. The molecule has 0 aromatic heterocycles. The van der Waals surface area contributed by atoms with E-state index in [4.69, 9.17) is 24.8 Å². The summed E-state index contributed by atoms with van der Waals surface area (Å²) in [5, 5.41) is 8.89. The van der Waals surface area contributed by atoms with Gasteiger partial charge >= 0.3 is 25.7 Å². The smallest absolute Gasteiger partial charge is 0.472 e. The Kier molecular flexibility index (Phi) is 40.1. The zero-order valence-corrected chi connectivity index (χ0v) is 37.6. The molecule has 57 heavy (non-hydrogen) atoms. The van der Waals surface area contributed by atoms with E-state index >= 15 is 0 Å². The van der Waals surface area contributed by atoms with Crippen LogP contribution in [0.2, 0.25) is 0 Å². The number of nitrogens with two attached hydrogens (primary N) is 1. The Morgan fingerprint density at radius 3 is 1.11 bits per heavy atom. The molecule has 0 spiro atoms. The van der Waals surface area contributed by atoms with Crippen LogP contribution in [0, 0.1) is 0 Å². The maximum absolute atomic E-state index is 12.6. The van der Waals surface area contributed by atoms with Gasteiger partial charge in [0.15, 0.2) is 6.10 Å². The second-order valence-electron chi connectivity index (χ2n) is 16.3. The molecule has 0 saturated carbocycles. The Labute approximate surface area is 348 Å². The summed E-state index contributed by atoms with van der Waals surface area (Å²) in [6.45, 7) is 2.84. The number of esters is 2. The van der Waals surface area contributed by atoms with E-state index in [9.17, 15) is 23.8 Å². The maximum Gasteiger partial charge on any atom is 0.472 e. The summed E-state index contributed by atoms with van der Waals surface area (Å²) >= 11 is 0. The number of aliphatic carboxylic acids is 1. The number of unbranched alkanes of at least 4 members (excludes halogenated alkanes) is 31. The van der Waals surface area contributed by atoms with Crippen molar-refractivity contribution in [2.75, 3.05) is 19.8 Å². The van der Waals surface area contributed by atoms with E-state index in [1.165, 1.54) is 161 Å². The first kappa shape index (κ1) is 55.5. The molecule has 0 heterocycles. The van der Waals surface area contributed by atoms with Crippen LogP contribution in [0.25, 0.3) is 0 Å². The predicted molar refractivity (Wildman–Crippen MR) is 231 cm³/mol. The minimum absolute atomic E-state index is 0.170. The Hall–Kier alpha value is -1.52. The molecule has 0 aromatic carbocycles. The third-order valence-corrected chi connectivity index (χ3v) is 11.6. The fraction of sp³-hybridized carbons (Fsp3) is 0.933. The molecule has 0 amide bonds. The monoisotopic (exact) mass is 834 g/mol. The van der Waals surface area contributed by atoms with Crippen molar-refractivity contribution in [1.82, 2.24) is 0 Å². The number of carboxylic acid groups (broad SMARTS) is 1. The zero-order valence-electron chi connectivity index (χ0n) is 36.7. The SMILES string of the molecule is CCCCCCCCCCCCCCCCCCCCCCCC(=O)O[C@@H](COC(=O)CCCCCCCCCCCCCC)COP(=O)(O)OC[C@H](N)C(=O)O. The highest BCUT2D eigenvalue weighted by Crippen LogP contribution is 2.43. The van der Waals surface area contributed by atoms with Crippen LogP contribution in [0.15, 0.2) is 0 Å². The van der Waals surface area contributed by atoms with E-state index in [2.05, 4.69) is 18.4 Å². The highest BCUT2D eigenvalue weighted by molar-refractivity contribution is 7.47. The summed E-state index contributed by atoms with van der Waals surface area (Å²) < 4.78 is 32.7. The molecule has 0 fully saturated rings. The summed E-state index contributed by atoms with van der Waals surface area (Å²) in [5.74, 6) is -2.36. The number of carbonyl (C=O) groups excluding carboxylic acids is 2. The number of hydrogen-bond acceptors (Lipinski definition) is 9. The van der Waals surface area contributed by atoms with Gasteiger partial charge in [-0.3, -0.25) is 23.4 Å². The molecule has 11 nitrogen and oxygen atoms in total. The van der Waals surface area contributed by atoms with E-state index < -0.39 is 51.1 Å². The van der Waals surface area contributed by atoms with Gasteiger partial charge in [-0.2, -0.15) is 0 Å².